The van der Waals surface area contributed by atoms with Gasteiger partial charge in [-0.25, -0.2) is 0 Å². The number of likely N-dealkylation sites (tertiary alicyclic amines) is 1. The molecule has 1 aromatic rings. The molecule has 3 nitrogen and oxygen atoms in total. The lowest BCUT2D eigenvalue weighted by Gasteiger charge is -2.18. The van der Waals surface area contributed by atoms with Crippen molar-refractivity contribution in [1.29, 1.82) is 0 Å². The van der Waals surface area contributed by atoms with Gasteiger partial charge in [0.05, 0.1) is 0 Å². The zero-order chi connectivity index (χ0) is 12.4. The molecule has 0 aromatic heterocycles. The molecule has 1 saturated heterocycles. The highest BCUT2D eigenvalue weighted by Gasteiger charge is 2.26. The zero-order valence-corrected chi connectivity index (χ0v) is 10.6. The summed E-state index contributed by atoms with van der Waals surface area (Å²) in [5.74, 6) is 0.631. The summed E-state index contributed by atoms with van der Waals surface area (Å²) >= 11 is 0. The van der Waals surface area contributed by atoms with Crippen LogP contribution in [0, 0.1) is 19.8 Å². The SMILES string of the molecule is Cc1cccc(C(=O)N2CCC(CN)C2)c1C. The van der Waals surface area contributed by atoms with Gasteiger partial charge in [0.2, 0.25) is 0 Å². The van der Waals surface area contributed by atoms with Crippen molar-refractivity contribution in [3.05, 3.63) is 34.9 Å². The predicted octanol–water partition coefficient (Wildman–Crippen LogP) is 1.72. The summed E-state index contributed by atoms with van der Waals surface area (Å²) in [6, 6.07) is 5.91. The maximum atomic E-state index is 12.4. The first-order valence-corrected chi connectivity index (χ1v) is 6.19. The second-order valence-electron chi connectivity index (χ2n) is 4.89. The van der Waals surface area contributed by atoms with E-state index in [0.717, 1.165) is 30.6 Å². The first-order valence-electron chi connectivity index (χ1n) is 6.19. The lowest BCUT2D eigenvalue weighted by Crippen LogP contribution is -2.30. The number of nitrogens with zero attached hydrogens (tertiary/aromatic N) is 1. The quantitative estimate of drug-likeness (QED) is 0.844. The number of benzene rings is 1. The maximum absolute atomic E-state index is 12.4. The third-order valence-electron chi connectivity index (χ3n) is 3.74. The Morgan fingerprint density at radius 3 is 2.88 bits per heavy atom. The number of amides is 1. The van der Waals surface area contributed by atoms with Gasteiger partial charge in [-0.2, -0.15) is 0 Å². The number of hydrogen-bond donors (Lipinski definition) is 1. The van der Waals surface area contributed by atoms with E-state index in [2.05, 4.69) is 0 Å². The van der Waals surface area contributed by atoms with E-state index in [1.165, 1.54) is 5.56 Å². The highest BCUT2D eigenvalue weighted by Crippen LogP contribution is 2.20. The molecule has 1 aliphatic rings. The highest BCUT2D eigenvalue weighted by atomic mass is 16.2. The molecule has 0 saturated carbocycles. The van der Waals surface area contributed by atoms with Crippen molar-refractivity contribution < 1.29 is 4.79 Å². The molecule has 1 atom stereocenters. The molecule has 2 N–H and O–H groups in total. The molecule has 0 radical (unpaired) electrons. The van der Waals surface area contributed by atoms with E-state index >= 15 is 0 Å². The summed E-state index contributed by atoms with van der Waals surface area (Å²) in [6.45, 7) is 6.38. The predicted molar refractivity (Wildman–Crippen MR) is 69.0 cm³/mol. The van der Waals surface area contributed by atoms with Crippen LogP contribution >= 0.6 is 0 Å². The van der Waals surface area contributed by atoms with Crippen LogP contribution in [0.2, 0.25) is 0 Å². The van der Waals surface area contributed by atoms with Gasteiger partial charge in [-0.15, -0.1) is 0 Å². The van der Waals surface area contributed by atoms with E-state index in [1.807, 2.05) is 36.9 Å². The Morgan fingerprint density at radius 1 is 1.47 bits per heavy atom. The van der Waals surface area contributed by atoms with Crippen LogP contribution < -0.4 is 5.73 Å². The number of nitrogens with two attached hydrogens (primary N) is 1. The molecular weight excluding hydrogens is 212 g/mol. The van der Waals surface area contributed by atoms with Crippen molar-refractivity contribution in [2.75, 3.05) is 19.6 Å². The Hall–Kier alpha value is -1.35. The van der Waals surface area contributed by atoms with Crippen molar-refractivity contribution in [1.82, 2.24) is 4.90 Å². The van der Waals surface area contributed by atoms with Crippen LogP contribution in [0.1, 0.15) is 27.9 Å². The molecule has 1 fully saturated rings. The van der Waals surface area contributed by atoms with E-state index in [0.29, 0.717) is 12.5 Å². The van der Waals surface area contributed by atoms with Crippen LogP contribution in [0.5, 0.6) is 0 Å². The normalized spacial score (nSPS) is 19.7. The van der Waals surface area contributed by atoms with E-state index in [1.54, 1.807) is 0 Å². The molecule has 0 spiro atoms. The molecule has 1 heterocycles. The molecular formula is C14H20N2O. The fraction of sp³-hybridized carbons (Fsp3) is 0.500. The van der Waals surface area contributed by atoms with Crippen LogP contribution in [-0.2, 0) is 0 Å². The Morgan fingerprint density at radius 2 is 2.24 bits per heavy atom. The van der Waals surface area contributed by atoms with E-state index in [4.69, 9.17) is 5.73 Å². The van der Waals surface area contributed by atoms with Gasteiger partial charge < -0.3 is 10.6 Å². The van der Waals surface area contributed by atoms with Crippen molar-refractivity contribution in [3.8, 4) is 0 Å². The number of rotatable bonds is 2. The first kappa shape index (κ1) is 12.1. The van der Waals surface area contributed by atoms with E-state index < -0.39 is 0 Å². The zero-order valence-electron chi connectivity index (χ0n) is 10.6. The highest BCUT2D eigenvalue weighted by molar-refractivity contribution is 5.96. The molecule has 0 bridgehead atoms. The lowest BCUT2D eigenvalue weighted by molar-refractivity contribution is 0.0787. The Bertz CT molecular complexity index is 428. The molecule has 1 amide bonds. The van der Waals surface area contributed by atoms with Gasteiger partial charge in [0.1, 0.15) is 0 Å². The second kappa shape index (κ2) is 4.88. The minimum absolute atomic E-state index is 0.155. The summed E-state index contributed by atoms with van der Waals surface area (Å²) in [5, 5.41) is 0. The van der Waals surface area contributed by atoms with Crippen LogP contribution in [-0.4, -0.2) is 30.4 Å². The monoisotopic (exact) mass is 232 g/mol. The molecule has 3 heteroatoms. The van der Waals surface area contributed by atoms with Gasteiger partial charge in [0.25, 0.3) is 5.91 Å². The van der Waals surface area contributed by atoms with Crippen molar-refractivity contribution in [2.24, 2.45) is 11.7 Å². The average molecular weight is 232 g/mol. The first-order chi connectivity index (χ1) is 8.13. The number of aryl methyl sites for hydroxylation is 1. The molecule has 17 heavy (non-hydrogen) atoms. The number of carbonyl (C=O) groups excluding carboxylic acids is 1. The van der Waals surface area contributed by atoms with E-state index in [9.17, 15) is 4.79 Å². The van der Waals surface area contributed by atoms with Crippen LogP contribution in [0.15, 0.2) is 18.2 Å². The van der Waals surface area contributed by atoms with Gasteiger partial charge in [-0.3, -0.25) is 4.79 Å². The lowest BCUT2D eigenvalue weighted by atomic mass is 10.0. The Kier molecular flexibility index (Phi) is 3.48. The van der Waals surface area contributed by atoms with E-state index in [-0.39, 0.29) is 5.91 Å². The number of hydrogen-bond acceptors (Lipinski definition) is 2. The van der Waals surface area contributed by atoms with Crippen LogP contribution in [0.3, 0.4) is 0 Å². The summed E-state index contributed by atoms with van der Waals surface area (Å²) in [4.78, 5) is 14.3. The molecule has 1 aliphatic heterocycles. The summed E-state index contributed by atoms with van der Waals surface area (Å²) in [6.07, 6.45) is 1.03. The van der Waals surface area contributed by atoms with Crippen molar-refractivity contribution in [3.63, 3.8) is 0 Å². The van der Waals surface area contributed by atoms with Gasteiger partial charge in [-0.05, 0) is 49.9 Å². The molecule has 1 unspecified atom stereocenters. The van der Waals surface area contributed by atoms with Crippen LogP contribution in [0.25, 0.3) is 0 Å². The summed E-state index contributed by atoms with van der Waals surface area (Å²) < 4.78 is 0. The molecule has 0 aliphatic carbocycles. The molecule has 92 valence electrons. The second-order valence-corrected chi connectivity index (χ2v) is 4.89. The largest absolute Gasteiger partial charge is 0.338 e. The fourth-order valence-corrected chi connectivity index (χ4v) is 2.36. The van der Waals surface area contributed by atoms with Crippen molar-refractivity contribution in [2.45, 2.75) is 20.3 Å². The van der Waals surface area contributed by atoms with Gasteiger partial charge in [0.15, 0.2) is 0 Å². The Labute approximate surface area is 103 Å². The third-order valence-corrected chi connectivity index (χ3v) is 3.74. The molecule has 1 aromatic carbocycles. The maximum Gasteiger partial charge on any atom is 0.254 e. The number of carbonyl (C=O) groups is 1. The summed E-state index contributed by atoms with van der Waals surface area (Å²) in [7, 11) is 0. The smallest absolute Gasteiger partial charge is 0.254 e. The van der Waals surface area contributed by atoms with Gasteiger partial charge in [-0.1, -0.05) is 12.1 Å². The van der Waals surface area contributed by atoms with Crippen molar-refractivity contribution >= 4 is 5.91 Å². The fourth-order valence-electron chi connectivity index (χ4n) is 2.36. The van der Waals surface area contributed by atoms with Crippen LogP contribution in [0.4, 0.5) is 0 Å². The van der Waals surface area contributed by atoms with Gasteiger partial charge in [0, 0.05) is 18.7 Å². The third kappa shape index (κ3) is 2.34. The average Bonchev–Trinajstić information content (AvgIpc) is 2.80. The molecule has 2 rings (SSSR count). The van der Waals surface area contributed by atoms with Gasteiger partial charge >= 0.3 is 0 Å². The summed E-state index contributed by atoms with van der Waals surface area (Å²) in [5.41, 5.74) is 8.75. The standard InChI is InChI=1S/C14H20N2O/c1-10-4-3-5-13(11(10)2)14(17)16-7-6-12(8-15)9-16/h3-5,12H,6-9,15H2,1-2H3. The Balaban J connectivity index is 2.18. The minimum Gasteiger partial charge on any atom is -0.338 e. The topological polar surface area (TPSA) is 46.3 Å². The minimum atomic E-state index is 0.155.